The quantitative estimate of drug-likeness (QED) is 0.768. The maximum absolute atomic E-state index is 11.0. The maximum atomic E-state index is 11.0. The van der Waals surface area contributed by atoms with Crippen LogP contribution in [0.15, 0.2) is 27.5 Å². The molecule has 0 saturated carbocycles. The van der Waals surface area contributed by atoms with Crippen LogP contribution in [0.5, 0.6) is 0 Å². The summed E-state index contributed by atoms with van der Waals surface area (Å²) < 4.78 is 5.54. The topological polar surface area (TPSA) is 83.8 Å². The lowest BCUT2D eigenvalue weighted by atomic mass is 10.3. The number of H-pyrrole nitrogens is 1. The van der Waals surface area contributed by atoms with E-state index < -0.39 is 0 Å². The average Bonchev–Trinajstić information content (AvgIpc) is 2.84. The van der Waals surface area contributed by atoms with Crippen LogP contribution in [-0.4, -0.2) is 27.8 Å². The Bertz CT molecular complexity index is 554. The van der Waals surface area contributed by atoms with Crippen molar-refractivity contribution in [2.24, 2.45) is 0 Å². The predicted molar refractivity (Wildman–Crippen MR) is 71.8 cm³/mol. The van der Waals surface area contributed by atoms with Crippen molar-refractivity contribution in [3.63, 3.8) is 0 Å². The number of hydrogen-bond acceptors (Lipinski definition) is 5. The lowest BCUT2D eigenvalue weighted by Gasteiger charge is -2.05. The summed E-state index contributed by atoms with van der Waals surface area (Å²) in [5.41, 5.74) is 0.571. The van der Waals surface area contributed by atoms with Crippen LogP contribution in [0.2, 0.25) is 0 Å². The molecule has 0 aliphatic heterocycles. The maximum Gasteiger partial charge on any atom is 0.249 e. The van der Waals surface area contributed by atoms with Gasteiger partial charge >= 0.3 is 0 Å². The Morgan fingerprint density at radius 1 is 1.37 bits per heavy atom. The highest BCUT2D eigenvalue weighted by Gasteiger charge is 2.08. The van der Waals surface area contributed by atoms with Crippen molar-refractivity contribution in [3.05, 3.63) is 34.6 Å². The summed E-state index contributed by atoms with van der Waals surface area (Å²) in [6.07, 6.45) is 3.27. The predicted octanol–water partition coefficient (Wildman–Crippen LogP) is 1.36. The Morgan fingerprint density at radius 3 is 2.89 bits per heavy atom. The molecule has 2 rings (SSSR count). The smallest absolute Gasteiger partial charge is 0.249 e. The molecule has 0 atom stereocenters. The van der Waals surface area contributed by atoms with E-state index in [0.29, 0.717) is 17.8 Å². The number of aromatic nitrogens is 3. The second-order valence-electron chi connectivity index (χ2n) is 4.65. The van der Waals surface area contributed by atoms with Crippen LogP contribution >= 0.6 is 0 Å². The highest BCUT2D eigenvalue weighted by Crippen LogP contribution is 2.15. The van der Waals surface area contributed by atoms with Crippen molar-refractivity contribution in [2.45, 2.75) is 32.7 Å². The van der Waals surface area contributed by atoms with Gasteiger partial charge in [0.25, 0.3) is 0 Å². The number of hydrogen-bond donors (Lipinski definition) is 2. The summed E-state index contributed by atoms with van der Waals surface area (Å²) in [5, 5.41) is 11.3. The van der Waals surface area contributed by atoms with Crippen LogP contribution in [0.1, 0.15) is 26.2 Å². The minimum absolute atomic E-state index is 0.150. The molecule has 0 fully saturated rings. The second kappa shape index (κ2) is 6.29. The molecule has 6 heteroatoms. The average molecular weight is 262 g/mol. The summed E-state index contributed by atoms with van der Waals surface area (Å²) in [6.45, 7) is 5.15. The molecule has 0 aliphatic rings. The van der Waals surface area contributed by atoms with E-state index in [1.54, 1.807) is 12.3 Å². The van der Waals surface area contributed by atoms with Gasteiger partial charge in [0.15, 0.2) is 0 Å². The van der Waals surface area contributed by atoms with Crippen LogP contribution in [-0.2, 0) is 6.42 Å². The first-order valence-corrected chi connectivity index (χ1v) is 6.40. The Morgan fingerprint density at radius 2 is 2.21 bits per heavy atom. The molecule has 19 heavy (non-hydrogen) atoms. The van der Waals surface area contributed by atoms with Gasteiger partial charge in [-0.05, 0) is 19.0 Å². The number of aromatic amines is 1. The molecule has 0 aromatic carbocycles. The van der Waals surface area contributed by atoms with Gasteiger partial charge in [-0.2, -0.15) is 0 Å². The molecule has 0 saturated heterocycles. The van der Waals surface area contributed by atoms with Gasteiger partial charge in [0.1, 0.15) is 0 Å². The summed E-state index contributed by atoms with van der Waals surface area (Å²) >= 11 is 0. The van der Waals surface area contributed by atoms with E-state index in [1.807, 2.05) is 0 Å². The number of rotatable bonds is 6. The van der Waals surface area contributed by atoms with Gasteiger partial charge in [0.05, 0.1) is 5.56 Å². The van der Waals surface area contributed by atoms with Crippen LogP contribution in [0.4, 0.5) is 0 Å². The van der Waals surface area contributed by atoms with Gasteiger partial charge in [0.2, 0.25) is 17.3 Å². The van der Waals surface area contributed by atoms with Gasteiger partial charge < -0.3 is 14.7 Å². The number of nitrogens with one attached hydrogen (secondary N) is 2. The molecule has 2 aromatic heterocycles. The van der Waals surface area contributed by atoms with Crippen LogP contribution < -0.4 is 10.9 Å². The highest BCUT2D eigenvalue weighted by atomic mass is 16.4. The first-order valence-electron chi connectivity index (χ1n) is 6.40. The molecule has 2 heterocycles. The first kappa shape index (κ1) is 13.5. The zero-order valence-corrected chi connectivity index (χ0v) is 11.1. The van der Waals surface area contributed by atoms with Crippen LogP contribution in [0.3, 0.4) is 0 Å². The number of pyridine rings is 1. The lowest BCUT2D eigenvalue weighted by Crippen LogP contribution is -2.23. The molecule has 2 N–H and O–H groups in total. The molecule has 0 aliphatic carbocycles. The van der Waals surface area contributed by atoms with E-state index in [-0.39, 0.29) is 5.56 Å². The van der Waals surface area contributed by atoms with Gasteiger partial charge in [0, 0.05) is 24.7 Å². The molecular formula is C13H18N4O2. The first-order chi connectivity index (χ1) is 9.15. The Balaban J connectivity index is 1.92. The third-order valence-electron chi connectivity index (χ3n) is 2.62. The third-order valence-corrected chi connectivity index (χ3v) is 2.62. The summed E-state index contributed by atoms with van der Waals surface area (Å²) in [6, 6.07) is 3.58. The zero-order valence-electron chi connectivity index (χ0n) is 11.1. The zero-order chi connectivity index (χ0) is 13.7. The summed E-state index contributed by atoms with van der Waals surface area (Å²) in [5.74, 6) is 1.05. The van der Waals surface area contributed by atoms with Crippen molar-refractivity contribution in [2.75, 3.05) is 6.54 Å². The number of aryl methyl sites for hydroxylation is 1. The molecule has 0 unspecified atom stereocenters. The van der Waals surface area contributed by atoms with E-state index in [2.05, 4.69) is 34.3 Å². The minimum atomic E-state index is -0.150. The molecule has 2 aromatic rings. The van der Waals surface area contributed by atoms with Crippen molar-refractivity contribution < 1.29 is 4.42 Å². The largest absolute Gasteiger partial charge is 0.421 e. The van der Waals surface area contributed by atoms with E-state index in [9.17, 15) is 4.79 Å². The molecular weight excluding hydrogens is 244 g/mol. The summed E-state index contributed by atoms with van der Waals surface area (Å²) in [4.78, 5) is 13.5. The number of nitrogens with zero attached hydrogens (tertiary/aromatic N) is 2. The van der Waals surface area contributed by atoms with Crippen molar-refractivity contribution in [1.29, 1.82) is 0 Å². The monoisotopic (exact) mass is 262 g/mol. The summed E-state index contributed by atoms with van der Waals surface area (Å²) in [7, 11) is 0. The van der Waals surface area contributed by atoms with E-state index in [0.717, 1.165) is 24.9 Å². The van der Waals surface area contributed by atoms with E-state index in [1.165, 1.54) is 6.07 Å². The van der Waals surface area contributed by atoms with Crippen LogP contribution in [0, 0.1) is 0 Å². The molecule has 0 spiro atoms. The minimum Gasteiger partial charge on any atom is -0.421 e. The van der Waals surface area contributed by atoms with E-state index >= 15 is 0 Å². The fraction of sp³-hybridized carbons (Fsp3) is 0.462. The molecule has 0 bridgehead atoms. The lowest BCUT2D eigenvalue weighted by molar-refractivity contribution is 0.484. The third kappa shape index (κ3) is 4.03. The van der Waals surface area contributed by atoms with Gasteiger partial charge in [-0.25, -0.2) is 0 Å². The normalized spacial score (nSPS) is 11.1. The van der Waals surface area contributed by atoms with Crippen molar-refractivity contribution in [3.8, 4) is 11.5 Å². The molecule has 6 nitrogen and oxygen atoms in total. The van der Waals surface area contributed by atoms with Crippen molar-refractivity contribution in [1.82, 2.24) is 20.5 Å². The Hall–Kier alpha value is -1.95. The van der Waals surface area contributed by atoms with Crippen molar-refractivity contribution >= 4 is 0 Å². The molecule has 0 amide bonds. The SMILES string of the molecule is CC(C)NCCCc1nnc(-c2ccc(=O)[nH]c2)o1. The molecule has 102 valence electrons. The Kier molecular flexibility index (Phi) is 4.46. The van der Waals surface area contributed by atoms with Gasteiger partial charge in [-0.3, -0.25) is 4.79 Å². The van der Waals surface area contributed by atoms with Gasteiger partial charge in [-0.15, -0.1) is 10.2 Å². The molecule has 0 radical (unpaired) electrons. The fourth-order valence-electron chi connectivity index (χ4n) is 1.65. The van der Waals surface area contributed by atoms with Crippen LogP contribution in [0.25, 0.3) is 11.5 Å². The Labute approximate surface area is 111 Å². The highest BCUT2D eigenvalue weighted by molar-refractivity contribution is 5.49. The standard InChI is InChI=1S/C13H18N4O2/c1-9(2)14-7-3-4-12-16-17-13(19-12)10-5-6-11(18)15-8-10/h5-6,8-9,14H,3-4,7H2,1-2H3,(H,15,18). The van der Waals surface area contributed by atoms with Gasteiger partial charge in [-0.1, -0.05) is 13.8 Å². The van der Waals surface area contributed by atoms with E-state index in [4.69, 9.17) is 4.42 Å². The second-order valence-corrected chi connectivity index (χ2v) is 4.65. The fourth-order valence-corrected chi connectivity index (χ4v) is 1.65.